The number of carbonyl (C=O) groups is 1. The molecule has 3 rings (SSSR count). The summed E-state index contributed by atoms with van der Waals surface area (Å²) in [5.74, 6) is 1.44. The molecule has 0 radical (unpaired) electrons. The second-order valence-electron chi connectivity index (χ2n) is 9.31. The van der Waals surface area contributed by atoms with Crippen molar-refractivity contribution < 1.29 is 19.4 Å². The van der Waals surface area contributed by atoms with Gasteiger partial charge in [-0.3, -0.25) is 9.69 Å². The zero-order chi connectivity index (χ0) is 23.8. The van der Waals surface area contributed by atoms with E-state index in [1.165, 1.54) is 10.4 Å². The Morgan fingerprint density at radius 2 is 2.15 bits per heavy atom. The minimum Gasteiger partial charge on any atom is -0.491 e. The van der Waals surface area contributed by atoms with E-state index in [2.05, 4.69) is 30.2 Å². The molecule has 0 fully saturated rings. The van der Waals surface area contributed by atoms with Gasteiger partial charge in [0.1, 0.15) is 12.4 Å². The highest BCUT2D eigenvalue weighted by molar-refractivity contribution is 7.10. The summed E-state index contributed by atoms with van der Waals surface area (Å²) in [7, 11) is 1.58. The lowest BCUT2D eigenvalue weighted by Crippen LogP contribution is -2.48. The maximum absolute atomic E-state index is 13.5. The summed E-state index contributed by atoms with van der Waals surface area (Å²) in [6.07, 6.45) is 1.24. The van der Waals surface area contributed by atoms with Gasteiger partial charge in [0.2, 0.25) is 5.91 Å². The van der Waals surface area contributed by atoms with Crippen LogP contribution >= 0.6 is 11.3 Å². The van der Waals surface area contributed by atoms with Gasteiger partial charge in [-0.2, -0.15) is 0 Å². The van der Waals surface area contributed by atoms with Gasteiger partial charge in [0.05, 0.1) is 25.3 Å². The van der Waals surface area contributed by atoms with Gasteiger partial charge in [0, 0.05) is 25.1 Å². The Hall–Kier alpha value is -1.93. The lowest BCUT2D eigenvalue weighted by atomic mass is 10.00. The predicted molar refractivity (Wildman–Crippen MR) is 133 cm³/mol. The van der Waals surface area contributed by atoms with Gasteiger partial charge in [-0.05, 0) is 66.9 Å². The molecule has 1 aliphatic heterocycles. The molecule has 2 atom stereocenters. The number of aliphatic hydroxyl groups excluding tert-OH is 1. The number of ether oxygens (including phenoxy) is 2. The molecule has 0 saturated carbocycles. The van der Waals surface area contributed by atoms with Crippen LogP contribution in [0.4, 0.5) is 0 Å². The molecule has 1 amide bonds. The highest BCUT2D eigenvalue weighted by Gasteiger charge is 2.33. The Kier molecular flexibility index (Phi) is 9.74. The predicted octanol–water partition coefficient (Wildman–Crippen LogP) is 3.92. The summed E-state index contributed by atoms with van der Waals surface area (Å²) in [5, 5.41) is 12.4. The van der Waals surface area contributed by atoms with E-state index in [-0.39, 0.29) is 25.1 Å². The van der Waals surface area contributed by atoms with Gasteiger partial charge < -0.3 is 19.5 Å². The molecule has 1 aliphatic rings. The van der Waals surface area contributed by atoms with Gasteiger partial charge in [-0.1, -0.05) is 26.0 Å². The normalized spacial score (nSPS) is 16.8. The van der Waals surface area contributed by atoms with Crippen LogP contribution in [0.5, 0.6) is 5.75 Å². The van der Waals surface area contributed by atoms with Gasteiger partial charge in [-0.15, -0.1) is 11.3 Å². The number of fused-ring (bicyclic) bond motifs is 1. The summed E-state index contributed by atoms with van der Waals surface area (Å²) in [6.45, 7) is 9.25. The number of benzene rings is 1. The summed E-state index contributed by atoms with van der Waals surface area (Å²) in [5.41, 5.74) is 2.34. The molecule has 0 aliphatic carbocycles. The van der Waals surface area contributed by atoms with Crippen molar-refractivity contribution in [3.63, 3.8) is 0 Å². The van der Waals surface area contributed by atoms with E-state index in [0.29, 0.717) is 25.6 Å². The molecule has 0 saturated heterocycles. The van der Waals surface area contributed by atoms with Gasteiger partial charge in [0.25, 0.3) is 0 Å². The Morgan fingerprint density at radius 1 is 1.33 bits per heavy atom. The number of nitrogens with zero attached hydrogens (tertiary/aromatic N) is 2. The molecule has 0 bridgehead atoms. The van der Waals surface area contributed by atoms with Crippen LogP contribution in [-0.4, -0.2) is 73.4 Å². The molecule has 2 heterocycles. The highest BCUT2D eigenvalue weighted by atomic mass is 32.1. The fraction of sp³-hybridized carbons (Fsp3) is 0.577. The van der Waals surface area contributed by atoms with Gasteiger partial charge in [0.15, 0.2) is 0 Å². The Labute approximate surface area is 202 Å². The fourth-order valence-corrected chi connectivity index (χ4v) is 5.18. The largest absolute Gasteiger partial charge is 0.491 e. The summed E-state index contributed by atoms with van der Waals surface area (Å²) < 4.78 is 11.2. The smallest absolute Gasteiger partial charge is 0.237 e. The molecule has 33 heavy (non-hydrogen) atoms. The van der Waals surface area contributed by atoms with Gasteiger partial charge >= 0.3 is 0 Å². The zero-order valence-corrected chi connectivity index (χ0v) is 21.1. The average Bonchev–Trinajstić information content (AvgIpc) is 3.25. The Bertz CT molecular complexity index is 885. The topological polar surface area (TPSA) is 62.2 Å². The van der Waals surface area contributed by atoms with E-state index >= 15 is 0 Å². The number of aryl methyl sites for hydroxylation is 1. The third-order valence-corrected chi connectivity index (χ3v) is 7.02. The lowest BCUT2D eigenvalue weighted by molar-refractivity contribution is -0.136. The molecule has 1 aromatic carbocycles. The van der Waals surface area contributed by atoms with Crippen molar-refractivity contribution in [3.05, 3.63) is 51.7 Å². The summed E-state index contributed by atoms with van der Waals surface area (Å²) in [6, 6.07) is 10.0. The van der Waals surface area contributed by atoms with Gasteiger partial charge in [-0.25, -0.2) is 0 Å². The van der Waals surface area contributed by atoms with E-state index in [1.54, 1.807) is 18.4 Å². The van der Waals surface area contributed by atoms with Crippen LogP contribution in [0.25, 0.3) is 0 Å². The number of hydrogen-bond acceptors (Lipinski definition) is 6. The van der Waals surface area contributed by atoms with Crippen LogP contribution in [0.15, 0.2) is 35.7 Å². The molecular formula is C26H38N2O4S. The van der Waals surface area contributed by atoms with E-state index in [1.807, 2.05) is 36.1 Å². The number of carbonyl (C=O) groups excluding carboxylic acids is 1. The Morgan fingerprint density at radius 3 is 2.88 bits per heavy atom. The summed E-state index contributed by atoms with van der Waals surface area (Å²) >= 11 is 1.76. The number of rotatable bonds is 12. The first-order valence-electron chi connectivity index (χ1n) is 11.8. The highest BCUT2D eigenvalue weighted by Crippen LogP contribution is 2.34. The zero-order valence-electron chi connectivity index (χ0n) is 20.3. The molecule has 7 heteroatoms. The fourth-order valence-electron chi connectivity index (χ4n) is 4.26. The van der Waals surface area contributed by atoms with Crippen LogP contribution in [0.1, 0.15) is 42.3 Å². The quantitative estimate of drug-likeness (QED) is 0.505. The second-order valence-corrected chi connectivity index (χ2v) is 10.3. The van der Waals surface area contributed by atoms with Crippen molar-refractivity contribution in [1.29, 1.82) is 0 Å². The first-order valence-corrected chi connectivity index (χ1v) is 12.7. The third kappa shape index (κ3) is 7.54. The van der Waals surface area contributed by atoms with Crippen LogP contribution in [-0.2, 0) is 16.0 Å². The van der Waals surface area contributed by atoms with E-state index in [0.717, 1.165) is 30.7 Å². The molecule has 0 spiro atoms. The molecule has 1 N–H and O–H groups in total. The molecule has 2 aromatic rings. The molecule has 6 nitrogen and oxygen atoms in total. The van der Waals surface area contributed by atoms with E-state index < -0.39 is 6.10 Å². The van der Waals surface area contributed by atoms with Crippen molar-refractivity contribution in [2.45, 2.75) is 45.8 Å². The minimum atomic E-state index is -0.611. The number of amides is 1. The molecule has 182 valence electrons. The van der Waals surface area contributed by atoms with E-state index in [4.69, 9.17) is 9.47 Å². The first kappa shape index (κ1) is 25.7. The van der Waals surface area contributed by atoms with Crippen molar-refractivity contribution >= 4 is 17.2 Å². The number of methoxy groups -OCH3 is 1. The van der Waals surface area contributed by atoms with Crippen LogP contribution in [0, 0.1) is 12.8 Å². The molecule has 1 aromatic heterocycles. The van der Waals surface area contributed by atoms with E-state index in [9.17, 15) is 9.90 Å². The summed E-state index contributed by atoms with van der Waals surface area (Å²) in [4.78, 5) is 18.9. The Balaban J connectivity index is 1.72. The third-order valence-electron chi connectivity index (χ3n) is 6.02. The number of aliphatic hydroxyl groups is 1. The van der Waals surface area contributed by atoms with Crippen LogP contribution < -0.4 is 4.74 Å². The average molecular weight is 475 g/mol. The van der Waals surface area contributed by atoms with Crippen molar-refractivity contribution in [1.82, 2.24) is 9.80 Å². The van der Waals surface area contributed by atoms with Crippen molar-refractivity contribution in [3.8, 4) is 5.75 Å². The number of thiophene rings is 1. The SMILES string of the molecule is COC[C@@H](O)CN(CCC(C)C)CC(=O)N1CCc2sccc2[C@@H]1COc1cccc(C)c1. The maximum Gasteiger partial charge on any atom is 0.237 e. The first-order chi connectivity index (χ1) is 15.9. The monoisotopic (exact) mass is 474 g/mol. The second kappa shape index (κ2) is 12.5. The lowest BCUT2D eigenvalue weighted by Gasteiger charge is -2.37. The van der Waals surface area contributed by atoms with Crippen LogP contribution in [0.2, 0.25) is 0 Å². The van der Waals surface area contributed by atoms with Crippen molar-refractivity contribution in [2.75, 3.05) is 46.5 Å². The number of hydrogen-bond donors (Lipinski definition) is 1. The minimum absolute atomic E-state index is 0.0815. The standard InChI is InChI=1S/C26H38N2O4S/c1-19(2)8-11-27(15-21(29)17-31-4)16-26(30)28-12-9-25-23(10-13-33-25)24(28)18-32-22-7-5-6-20(3)14-22/h5-7,10,13-14,19,21,24,29H,8-9,11-12,15-18H2,1-4H3/t21-,24-/m0/s1. The van der Waals surface area contributed by atoms with Crippen LogP contribution in [0.3, 0.4) is 0 Å². The molecule has 0 unspecified atom stereocenters. The van der Waals surface area contributed by atoms with Crippen molar-refractivity contribution in [2.24, 2.45) is 5.92 Å². The maximum atomic E-state index is 13.5. The molecular weight excluding hydrogens is 436 g/mol.